The van der Waals surface area contributed by atoms with Crippen molar-refractivity contribution in [2.45, 2.75) is 0 Å². The number of esters is 1. The van der Waals surface area contributed by atoms with Crippen LogP contribution in [0.4, 0.5) is 10.5 Å². The van der Waals surface area contributed by atoms with Gasteiger partial charge in [-0.25, -0.2) is 14.5 Å². The second-order valence-corrected chi connectivity index (χ2v) is 10.3. The standard InChI is InChI=1S/C24H12Br3ClN2O5/c25-14-3-7-17(8-4-14)30-22(32)18(21(31)29-24(30)34)10-13-9-15(26)11-19(27)20(13)35-23(33)12-1-5-16(28)6-2-12/h1-11H,(H,29,31,34)/b18-10-. The van der Waals surface area contributed by atoms with E-state index >= 15 is 0 Å². The van der Waals surface area contributed by atoms with Crippen LogP contribution in [0.25, 0.3) is 6.08 Å². The third kappa shape index (κ3) is 5.56. The molecular formula is C24H12Br3ClN2O5. The van der Waals surface area contributed by atoms with Crippen LogP contribution in [0, 0.1) is 0 Å². The van der Waals surface area contributed by atoms with E-state index in [1.165, 1.54) is 18.2 Å². The van der Waals surface area contributed by atoms with Crippen LogP contribution in [0.1, 0.15) is 15.9 Å². The average molecular weight is 684 g/mol. The highest BCUT2D eigenvalue weighted by atomic mass is 79.9. The molecule has 176 valence electrons. The number of anilines is 1. The molecule has 3 aromatic carbocycles. The molecule has 0 bridgehead atoms. The maximum atomic E-state index is 13.2. The Kier molecular flexibility index (Phi) is 7.56. The first kappa shape index (κ1) is 25.3. The van der Waals surface area contributed by atoms with E-state index in [0.717, 1.165) is 9.37 Å². The highest BCUT2D eigenvalue weighted by Crippen LogP contribution is 2.36. The Labute approximate surface area is 229 Å². The third-order valence-electron chi connectivity index (χ3n) is 4.80. The summed E-state index contributed by atoms with van der Waals surface area (Å²) in [5, 5.41) is 2.63. The Morgan fingerprint density at radius 3 is 2.23 bits per heavy atom. The fourth-order valence-corrected chi connectivity index (χ4v) is 4.90. The van der Waals surface area contributed by atoms with E-state index in [9.17, 15) is 19.2 Å². The van der Waals surface area contributed by atoms with Gasteiger partial charge in [-0.2, -0.15) is 0 Å². The highest BCUT2D eigenvalue weighted by molar-refractivity contribution is 9.11. The van der Waals surface area contributed by atoms with E-state index in [4.69, 9.17) is 16.3 Å². The Hall–Kier alpha value is -2.79. The number of nitrogens with zero attached hydrogens (tertiary/aromatic N) is 1. The number of carbonyl (C=O) groups excluding carboxylic acids is 4. The number of benzene rings is 3. The van der Waals surface area contributed by atoms with Gasteiger partial charge in [-0.1, -0.05) is 43.5 Å². The summed E-state index contributed by atoms with van der Waals surface area (Å²) in [6.45, 7) is 0. The summed E-state index contributed by atoms with van der Waals surface area (Å²) in [6.07, 6.45) is 1.26. The molecule has 4 amide bonds. The first-order valence-corrected chi connectivity index (χ1v) is 12.5. The predicted octanol–water partition coefficient (Wildman–Crippen LogP) is 6.51. The normalized spacial score (nSPS) is 14.8. The molecule has 35 heavy (non-hydrogen) atoms. The summed E-state index contributed by atoms with van der Waals surface area (Å²) in [7, 11) is 0. The number of halogens is 4. The van der Waals surface area contributed by atoms with Gasteiger partial charge in [0, 0.05) is 19.5 Å². The van der Waals surface area contributed by atoms with Crippen molar-refractivity contribution < 1.29 is 23.9 Å². The molecule has 0 aliphatic carbocycles. The molecule has 1 heterocycles. The van der Waals surface area contributed by atoms with Crippen molar-refractivity contribution in [3.8, 4) is 5.75 Å². The number of ether oxygens (including phenoxy) is 1. The van der Waals surface area contributed by atoms with Gasteiger partial charge in [0.25, 0.3) is 11.8 Å². The molecule has 1 aliphatic heterocycles. The van der Waals surface area contributed by atoms with Crippen LogP contribution in [0.3, 0.4) is 0 Å². The number of hydrogen-bond acceptors (Lipinski definition) is 5. The molecule has 0 radical (unpaired) electrons. The van der Waals surface area contributed by atoms with Gasteiger partial charge >= 0.3 is 12.0 Å². The molecule has 1 N–H and O–H groups in total. The maximum absolute atomic E-state index is 13.2. The molecule has 0 aromatic heterocycles. The van der Waals surface area contributed by atoms with E-state index in [2.05, 4.69) is 53.1 Å². The van der Waals surface area contributed by atoms with E-state index < -0.39 is 23.8 Å². The molecule has 1 aliphatic rings. The van der Waals surface area contributed by atoms with E-state index in [1.54, 1.807) is 48.5 Å². The molecule has 0 unspecified atom stereocenters. The number of hydrogen-bond donors (Lipinski definition) is 1. The summed E-state index contributed by atoms with van der Waals surface area (Å²) in [5.74, 6) is -2.30. The number of carbonyl (C=O) groups is 4. The molecule has 7 nitrogen and oxygen atoms in total. The van der Waals surface area contributed by atoms with Crippen LogP contribution in [-0.2, 0) is 9.59 Å². The third-order valence-corrected chi connectivity index (χ3v) is 6.63. The maximum Gasteiger partial charge on any atom is 0.343 e. The summed E-state index contributed by atoms with van der Waals surface area (Å²) < 4.78 is 7.33. The quantitative estimate of drug-likeness (QED) is 0.147. The molecule has 0 spiro atoms. The van der Waals surface area contributed by atoms with E-state index in [-0.39, 0.29) is 28.1 Å². The molecule has 3 aromatic rings. The van der Waals surface area contributed by atoms with E-state index in [1.807, 2.05) is 0 Å². The molecular weight excluding hydrogens is 671 g/mol. The average Bonchev–Trinajstić information content (AvgIpc) is 2.80. The second-order valence-electron chi connectivity index (χ2n) is 7.14. The molecule has 1 fully saturated rings. The van der Waals surface area contributed by atoms with Gasteiger partial charge in [0.05, 0.1) is 15.7 Å². The molecule has 11 heteroatoms. The number of barbiturate groups is 1. The van der Waals surface area contributed by atoms with Crippen molar-refractivity contribution >= 4 is 95.0 Å². The Bertz CT molecular complexity index is 1410. The first-order valence-electron chi connectivity index (χ1n) is 9.78. The Morgan fingerprint density at radius 1 is 0.914 bits per heavy atom. The molecule has 0 saturated carbocycles. The zero-order valence-corrected chi connectivity index (χ0v) is 22.9. The number of imide groups is 2. The fourth-order valence-electron chi connectivity index (χ4n) is 3.17. The number of urea groups is 1. The Morgan fingerprint density at radius 2 is 1.57 bits per heavy atom. The van der Waals surface area contributed by atoms with Crippen molar-refractivity contribution in [2.75, 3.05) is 4.90 Å². The zero-order valence-electron chi connectivity index (χ0n) is 17.4. The van der Waals surface area contributed by atoms with Crippen LogP contribution in [0.5, 0.6) is 5.75 Å². The summed E-state index contributed by atoms with van der Waals surface area (Å²) >= 11 is 15.9. The number of rotatable bonds is 4. The van der Waals surface area contributed by atoms with Crippen LogP contribution in [-0.4, -0.2) is 23.8 Å². The number of nitrogens with one attached hydrogen (secondary N) is 1. The summed E-state index contributed by atoms with van der Waals surface area (Å²) in [4.78, 5) is 51.8. The SMILES string of the molecule is O=C1NC(=O)N(c2ccc(Br)cc2)C(=O)/C1=C\c1cc(Br)cc(Br)c1OC(=O)c1ccc(Cl)cc1. The minimum absolute atomic E-state index is 0.0772. The van der Waals surface area contributed by atoms with Crippen LogP contribution >= 0.6 is 59.4 Å². The lowest BCUT2D eigenvalue weighted by molar-refractivity contribution is -0.122. The van der Waals surface area contributed by atoms with Crippen molar-refractivity contribution in [3.63, 3.8) is 0 Å². The minimum atomic E-state index is -0.876. The largest absolute Gasteiger partial charge is 0.421 e. The van der Waals surface area contributed by atoms with E-state index in [0.29, 0.717) is 14.0 Å². The van der Waals surface area contributed by atoms with Crippen LogP contribution in [0.2, 0.25) is 5.02 Å². The Balaban J connectivity index is 1.74. The van der Waals surface area contributed by atoms with Crippen molar-refractivity contribution in [1.82, 2.24) is 5.32 Å². The molecule has 0 atom stereocenters. The zero-order chi connectivity index (χ0) is 25.3. The topological polar surface area (TPSA) is 92.8 Å². The summed E-state index contributed by atoms with van der Waals surface area (Å²) in [5.41, 5.74) is 0.457. The van der Waals surface area contributed by atoms with Crippen molar-refractivity contribution in [2.24, 2.45) is 0 Å². The first-order chi connectivity index (χ1) is 16.6. The van der Waals surface area contributed by atoms with Gasteiger partial charge in [-0.05, 0) is 82.7 Å². The van der Waals surface area contributed by atoms with Gasteiger partial charge in [0.15, 0.2) is 5.75 Å². The minimum Gasteiger partial charge on any atom is -0.421 e. The summed E-state index contributed by atoms with van der Waals surface area (Å²) in [6, 6.07) is 14.9. The van der Waals surface area contributed by atoms with Crippen LogP contribution < -0.4 is 15.0 Å². The lowest BCUT2D eigenvalue weighted by atomic mass is 10.1. The smallest absolute Gasteiger partial charge is 0.343 e. The highest BCUT2D eigenvalue weighted by Gasteiger charge is 2.37. The lowest BCUT2D eigenvalue weighted by Crippen LogP contribution is -2.54. The molecule has 4 rings (SSSR count). The van der Waals surface area contributed by atoms with Crippen molar-refractivity contribution in [1.29, 1.82) is 0 Å². The second kappa shape index (κ2) is 10.4. The van der Waals surface area contributed by atoms with Gasteiger partial charge in [-0.15, -0.1) is 0 Å². The van der Waals surface area contributed by atoms with Gasteiger partial charge in [-0.3, -0.25) is 14.9 Å². The fraction of sp³-hybridized carbons (Fsp3) is 0. The predicted molar refractivity (Wildman–Crippen MR) is 141 cm³/mol. The lowest BCUT2D eigenvalue weighted by Gasteiger charge is -2.26. The monoisotopic (exact) mass is 680 g/mol. The molecule has 1 saturated heterocycles. The van der Waals surface area contributed by atoms with Gasteiger partial charge in [0.1, 0.15) is 5.57 Å². The van der Waals surface area contributed by atoms with Gasteiger partial charge in [0.2, 0.25) is 0 Å². The number of amides is 4. The van der Waals surface area contributed by atoms with Gasteiger partial charge < -0.3 is 4.74 Å². The van der Waals surface area contributed by atoms with Crippen LogP contribution in [0.15, 0.2) is 79.7 Å². The van der Waals surface area contributed by atoms with Crippen molar-refractivity contribution in [3.05, 3.63) is 95.8 Å².